The Bertz CT molecular complexity index is 1210. The van der Waals surface area contributed by atoms with Gasteiger partial charge in [0.2, 0.25) is 17.6 Å². The van der Waals surface area contributed by atoms with Crippen LogP contribution in [0.4, 0.5) is 0 Å². The van der Waals surface area contributed by atoms with E-state index < -0.39 is 0 Å². The minimum atomic E-state index is 0.208. The number of rotatable bonds is 8. The fraction of sp³-hybridized carbons (Fsp3) is 0.320. The Morgan fingerprint density at radius 2 is 1.67 bits per heavy atom. The Morgan fingerprint density at radius 3 is 2.30 bits per heavy atom. The number of benzene rings is 1. The summed E-state index contributed by atoms with van der Waals surface area (Å²) in [5.74, 6) is 3.49. The van der Waals surface area contributed by atoms with Gasteiger partial charge in [0.05, 0.1) is 25.5 Å². The van der Waals surface area contributed by atoms with Crippen molar-refractivity contribution in [1.82, 2.24) is 25.1 Å². The van der Waals surface area contributed by atoms with Crippen LogP contribution in [0, 0.1) is 19.8 Å². The van der Waals surface area contributed by atoms with Crippen LogP contribution in [0.2, 0.25) is 0 Å². The molecule has 0 N–H and O–H groups in total. The van der Waals surface area contributed by atoms with Crippen molar-refractivity contribution >= 4 is 0 Å². The van der Waals surface area contributed by atoms with E-state index in [1.54, 1.807) is 26.4 Å². The maximum Gasteiger partial charge on any atom is 0.224 e. The second kappa shape index (κ2) is 9.77. The second-order valence-corrected chi connectivity index (χ2v) is 8.05. The second-order valence-electron chi connectivity index (χ2n) is 8.05. The molecule has 170 valence electrons. The molecule has 3 heterocycles. The van der Waals surface area contributed by atoms with Crippen LogP contribution in [0.3, 0.4) is 0 Å². The summed E-state index contributed by atoms with van der Waals surface area (Å²) in [5, 5.41) is 3.97. The van der Waals surface area contributed by atoms with Crippen LogP contribution in [0.1, 0.15) is 37.2 Å². The highest BCUT2D eigenvalue weighted by atomic mass is 16.5. The van der Waals surface area contributed by atoms with E-state index in [-0.39, 0.29) is 11.8 Å². The number of ether oxygens (including phenoxy) is 2. The van der Waals surface area contributed by atoms with Gasteiger partial charge < -0.3 is 14.0 Å². The minimum absolute atomic E-state index is 0.208. The third-order valence-corrected chi connectivity index (χ3v) is 5.65. The minimum Gasteiger partial charge on any atom is -0.495 e. The SMILES string of the molecule is COc1ccc([C@@H](C)[C@H](C)COc2nc(C)ncc2-c2ccc(-c3noc(C)n3)cc2)nc1. The zero-order valence-electron chi connectivity index (χ0n) is 19.4. The first-order valence-corrected chi connectivity index (χ1v) is 10.8. The molecule has 1 aromatic carbocycles. The molecule has 0 unspecified atom stereocenters. The number of nitrogens with zero attached hydrogens (tertiary/aromatic N) is 5. The molecule has 0 aliphatic rings. The topological polar surface area (TPSA) is 96.1 Å². The van der Waals surface area contributed by atoms with Gasteiger partial charge in [-0.1, -0.05) is 43.3 Å². The van der Waals surface area contributed by atoms with Crippen molar-refractivity contribution in [3.8, 4) is 34.1 Å². The van der Waals surface area contributed by atoms with Crippen molar-refractivity contribution in [2.24, 2.45) is 5.92 Å². The van der Waals surface area contributed by atoms with E-state index in [4.69, 9.17) is 14.0 Å². The maximum absolute atomic E-state index is 6.20. The molecule has 33 heavy (non-hydrogen) atoms. The number of hydrogen-bond acceptors (Lipinski definition) is 8. The van der Waals surface area contributed by atoms with Crippen LogP contribution in [0.15, 0.2) is 53.3 Å². The van der Waals surface area contributed by atoms with Gasteiger partial charge in [0.25, 0.3) is 0 Å². The highest BCUT2D eigenvalue weighted by Crippen LogP contribution is 2.31. The molecule has 0 radical (unpaired) electrons. The molecular weight excluding hydrogens is 418 g/mol. The first-order chi connectivity index (χ1) is 15.9. The lowest BCUT2D eigenvalue weighted by Crippen LogP contribution is -2.17. The predicted octanol–water partition coefficient (Wildman–Crippen LogP) is 5.03. The van der Waals surface area contributed by atoms with Crippen LogP contribution >= 0.6 is 0 Å². The molecule has 0 fully saturated rings. The van der Waals surface area contributed by atoms with Crippen LogP contribution in [0.5, 0.6) is 11.6 Å². The quantitative estimate of drug-likeness (QED) is 0.372. The third-order valence-electron chi connectivity index (χ3n) is 5.65. The van der Waals surface area contributed by atoms with Crippen molar-refractivity contribution in [2.45, 2.75) is 33.6 Å². The zero-order chi connectivity index (χ0) is 23.4. The molecule has 0 spiro atoms. The van der Waals surface area contributed by atoms with Gasteiger partial charge in [-0.3, -0.25) is 4.98 Å². The van der Waals surface area contributed by atoms with Gasteiger partial charge >= 0.3 is 0 Å². The summed E-state index contributed by atoms with van der Waals surface area (Å²) in [7, 11) is 1.64. The summed E-state index contributed by atoms with van der Waals surface area (Å²) < 4.78 is 16.5. The van der Waals surface area contributed by atoms with Crippen molar-refractivity contribution < 1.29 is 14.0 Å². The normalized spacial score (nSPS) is 12.9. The smallest absolute Gasteiger partial charge is 0.224 e. The standard InChI is InChI=1S/C25H27N5O3/c1-15(16(2)23-11-10-21(31-5)12-27-23)14-32-25-22(13-26-17(3)28-25)19-6-8-20(9-7-19)24-29-18(4)33-30-24/h6-13,15-16H,14H2,1-5H3/t15-,16+/m1/s1. The fourth-order valence-corrected chi connectivity index (χ4v) is 3.40. The molecule has 0 saturated carbocycles. The molecule has 0 amide bonds. The Hall–Kier alpha value is -3.81. The van der Waals surface area contributed by atoms with Gasteiger partial charge in [-0.15, -0.1) is 0 Å². The van der Waals surface area contributed by atoms with Gasteiger partial charge in [0.15, 0.2) is 0 Å². The van der Waals surface area contributed by atoms with Gasteiger partial charge in [0, 0.05) is 30.3 Å². The Morgan fingerprint density at radius 1 is 0.909 bits per heavy atom. The molecule has 0 aliphatic heterocycles. The molecule has 8 heteroatoms. The monoisotopic (exact) mass is 445 g/mol. The van der Waals surface area contributed by atoms with Crippen molar-refractivity contribution in [3.05, 3.63) is 66.2 Å². The molecule has 4 aromatic rings. The first kappa shape index (κ1) is 22.4. The van der Waals surface area contributed by atoms with E-state index in [1.807, 2.05) is 43.3 Å². The molecule has 0 aliphatic carbocycles. The highest BCUT2D eigenvalue weighted by molar-refractivity contribution is 5.70. The van der Waals surface area contributed by atoms with Gasteiger partial charge in [0.1, 0.15) is 11.6 Å². The lowest BCUT2D eigenvalue weighted by molar-refractivity contribution is 0.233. The zero-order valence-corrected chi connectivity index (χ0v) is 19.4. The van der Waals surface area contributed by atoms with E-state index >= 15 is 0 Å². The largest absolute Gasteiger partial charge is 0.495 e. The van der Waals surface area contributed by atoms with Gasteiger partial charge in [-0.2, -0.15) is 9.97 Å². The molecule has 4 rings (SSSR count). The van der Waals surface area contributed by atoms with E-state index in [9.17, 15) is 0 Å². The van der Waals surface area contributed by atoms with E-state index in [2.05, 4.69) is 38.9 Å². The van der Waals surface area contributed by atoms with Gasteiger partial charge in [-0.25, -0.2) is 4.98 Å². The Kier molecular flexibility index (Phi) is 6.63. The number of aromatic nitrogens is 5. The molecule has 8 nitrogen and oxygen atoms in total. The molecule has 2 atom stereocenters. The number of aryl methyl sites for hydroxylation is 2. The summed E-state index contributed by atoms with van der Waals surface area (Å²) in [4.78, 5) is 17.7. The summed E-state index contributed by atoms with van der Waals surface area (Å²) in [6, 6.07) is 11.8. The summed E-state index contributed by atoms with van der Waals surface area (Å²) >= 11 is 0. The van der Waals surface area contributed by atoms with E-state index in [0.29, 0.717) is 30.0 Å². The highest BCUT2D eigenvalue weighted by Gasteiger charge is 2.19. The van der Waals surface area contributed by atoms with Gasteiger partial charge in [-0.05, 0) is 30.5 Å². The molecule has 0 bridgehead atoms. The average molecular weight is 446 g/mol. The van der Waals surface area contributed by atoms with Crippen LogP contribution < -0.4 is 9.47 Å². The van der Waals surface area contributed by atoms with Crippen LogP contribution in [-0.4, -0.2) is 38.8 Å². The van der Waals surface area contributed by atoms with E-state index in [0.717, 1.165) is 28.1 Å². The first-order valence-electron chi connectivity index (χ1n) is 10.8. The number of methoxy groups -OCH3 is 1. The predicted molar refractivity (Wildman–Crippen MR) is 124 cm³/mol. The summed E-state index contributed by atoms with van der Waals surface area (Å²) in [6.07, 6.45) is 3.54. The van der Waals surface area contributed by atoms with Crippen LogP contribution in [0.25, 0.3) is 22.5 Å². The Labute approximate surface area is 193 Å². The van der Waals surface area contributed by atoms with Crippen molar-refractivity contribution in [1.29, 1.82) is 0 Å². The van der Waals surface area contributed by atoms with Crippen LogP contribution in [-0.2, 0) is 0 Å². The number of pyridine rings is 1. The molecular formula is C25H27N5O3. The number of hydrogen-bond donors (Lipinski definition) is 0. The average Bonchev–Trinajstić information content (AvgIpc) is 3.28. The molecule has 0 saturated heterocycles. The lowest BCUT2D eigenvalue weighted by Gasteiger charge is -2.20. The van der Waals surface area contributed by atoms with E-state index in [1.165, 1.54) is 0 Å². The molecule has 3 aromatic heterocycles. The maximum atomic E-state index is 6.20. The summed E-state index contributed by atoms with van der Waals surface area (Å²) in [5.41, 5.74) is 3.66. The van der Waals surface area contributed by atoms with Crippen molar-refractivity contribution in [3.63, 3.8) is 0 Å². The van der Waals surface area contributed by atoms with Crippen molar-refractivity contribution in [2.75, 3.05) is 13.7 Å². The third kappa shape index (κ3) is 5.16. The Balaban J connectivity index is 1.49. The fourth-order valence-electron chi connectivity index (χ4n) is 3.40. The summed E-state index contributed by atoms with van der Waals surface area (Å²) in [6.45, 7) is 8.41. The lowest BCUT2D eigenvalue weighted by atomic mass is 9.93.